The van der Waals surface area contributed by atoms with Crippen molar-refractivity contribution < 1.29 is 14.6 Å². The predicted molar refractivity (Wildman–Crippen MR) is 153 cm³/mol. The van der Waals surface area contributed by atoms with E-state index < -0.39 is 0 Å². The molecule has 0 radical (unpaired) electrons. The molecule has 0 saturated carbocycles. The van der Waals surface area contributed by atoms with E-state index in [4.69, 9.17) is 14.5 Å². The first-order valence-corrected chi connectivity index (χ1v) is 12.6. The molecular formula is C31H39N3O3. The van der Waals surface area contributed by atoms with Gasteiger partial charge in [-0.2, -0.15) is 0 Å². The van der Waals surface area contributed by atoms with E-state index in [9.17, 15) is 5.11 Å². The molecule has 196 valence electrons. The molecule has 4 rings (SSSR count). The summed E-state index contributed by atoms with van der Waals surface area (Å²) in [5, 5.41) is 11.3. The molecule has 0 saturated heterocycles. The number of aromatic nitrogens is 2. The lowest BCUT2D eigenvalue weighted by atomic mass is 9.79. The third-order valence-corrected chi connectivity index (χ3v) is 6.77. The van der Waals surface area contributed by atoms with Crippen molar-refractivity contribution in [1.29, 1.82) is 0 Å². The van der Waals surface area contributed by atoms with Gasteiger partial charge < -0.3 is 19.5 Å². The first kappa shape index (κ1) is 26.4. The number of hydrogen-bond acceptors (Lipinski definition) is 5. The van der Waals surface area contributed by atoms with Gasteiger partial charge in [-0.3, -0.25) is 4.57 Å². The molecule has 0 amide bonds. The predicted octanol–water partition coefficient (Wildman–Crippen LogP) is 7.08. The van der Waals surface area contributed by atoms with Crippen molar-refractivity contribution in [2.24, 2.45) is 0 Å². The number of hydrogen-bond donors (Lipinski definition) is 1. The van der Waals surface area contributed by atoms with Crippen molar-refractivity contribution >= 4 is 16.7 Å². The average Bonchev–Trinajstić information content (AvgIpc) is 3.20. The quantitative estimate of drug-likeness (QED) is 0.317. The van der Waals surface area contributed by atoms with Crippen LogP contribution in [0.2, 0.25) is 0 Å². The molecular weight excluding hydrogens is 462 g/mol. The number of anilines is 1. The average molecular weight is 502 g/mol. The summed E-state index contributed by atoms with van der Waals surface area (Å²) in [7, 11) is 7.33. The number of phenolic OH excluding ortho intramolecular Hbond substituents is 1. The summed E-state index contributed by atoms with van der Waals surface area (Å²) < 4.78 is 13.4. The van der Waals surface area contributed by atoms with Crippen LogP contribution < -0.4 is 14.4 Å². The Hall–Kier alpha value is -3.67. The van der Waals surface area contributed by atoms with Crippen LogP contribution in [0.3, 0.4) is 0 Å². The van der Waals surface area contributed by atoms with Gasteiger partial charge in [0.15, 0.2) is 11.5 Å². The molecule has 0 bridgehead atoms. The van der Waals surface area contributed by atoms with E-state index >= 15 is 0 Å². The smallest absolute Gasteiger partial charge is 0.163 e. The van der Waals surface area contributed by atoms with E-state index in [-0.39, 0.29) is 10.8 Å². The SMILES string of the molecule is COc1cc2nc(-c3ccc(N(C)C)cc3)n(-c3cc(C(C)(C)C)c(O)c(C(C)(C)C)c3)c2cc1OC. The molecule has 4 aromatic rings. The highest BCUT2D eigenvalue weighted by Gasteiger charge is 2.28. The van der Waals surface area contributed by atoms with Crippen LogP contribution in [0.1, 0.15) is 52.7 Å². The number of imidazole rings is 1. The van der Waals surface area contributed by atoms with Crippen molar-refractivity contribution in [3.05, 3.63) is 59.7 Å². The Morgan fingerprint density at radius 1 is 0.784 bits per heavy atom. The summed E-state index contributed by atoms with van der Waals surface area (Å²) in [5.74, 6) is 2.42. The molecule has 1 heterocycles. The third kappa shape index (κ3) is 4.85. The number of rotatable bonds is 5. The van der Waals surface area contributed by atoms with Crippen molar-refractivity contribution in [2.45, 2.75) is 52.4 Å². The van der Waals surface area contributed by atoms with Crippen molar-refractivity contribution in [2.75, 3.05) is 33.2 Å². The summed E-state index contributed by atoms with van der Waals surface area (Å²) in [4.78, 5) is 7.15. The van der Waals surface area contributed by atoms with Crippen LogP contribution in [0, 0.1) is 0 Å². The van der Waals surface area contributed by atoms with E-state index in [2.05, 4.69) is 87.4 Å². The van der Waals surface area contributed by atoms with Gasteiger partial charge in [0, 0.05) is 54.3 Å². The summed E-state index contributed by atoms with van der Waals surface area (Å²) in [6.07, 6.45) is 0. The fourth-order valence-electron chi connectivity index (χ4n) is 4.66. The van der Waals surface area contributed by atoms with Gasteiger partial charge in [0.2, 0.25) is 0 Å². The molecule has 0 aliphatic carbocycles. The van der Waals surface area contributed by atoms with E-state index in [0.29, 0.717) is 17.2 Å². The molecule has 0 fully saturated rings. The lowest BCUT2D eigenvalue weighted by Gasteiger charge is -2.28. The Morgan fingerprint density at radius 2 is 1.30 bits per heavy atom. The second-order valence-electron chi connectivity index (χ2n) is 11.8. The van der Waals surface area contributed by atoms with Gasteiger partial charge in [-0.1, -0.05) is 41.5 Å². The maximum atomic E-state index is 11.3. The summed E-state index contributed by atoms with van der Waals surface area (Å²) in [6.45, 7) is 12.7. The van der Waals surface area contributed by atoms with Crippen LogP contribution in [0.25, 0.3) is 28.1 Å². The normalized spacial score (nSPS) is 12.2. The van der Waals surface area contributed by atoms with Crippen LogP contribution in [-0.4, -0.2) is 43.0 Å². The molecule has 1 N–H and O–H groups in total. The van der Waals surface area contributed by atoms with E-state index in [0.717, 1.165) is 44.9 Å². The van der Waals surface area contributed by atoms with Crippen LogP contribution in [0.4, 0.5) is 5.69 Å². The van der Waals surface area contributed by atoms with Gasteiger partial charge in [0.25, 0.3) is 0 Å². The van der Waals surface area contributed by atoms with Gasteiger partial charge in [0.05, 0.1) is 25.3 Å². The molecule has 3 aromatic carbocycles. The number of benzene rings is 3. The highest BCUT2D eigenvalue weighted by molar-refractivity contribution is 5.87. The summed E-state index contributed by atoms with van der Waals surface area (Å²) >= 11 is 0. The van der Waals surface area contributed by atoms with Crippen molar-refractivity contribution in [1.82, 2.24) is 9.55 Å². The van der Waals surface area contributed by atoms with Crippen LogP contribution in [0.15, 0.2) is 48.5 Å². The van der Waals surface area contributed by atoms with Crippen LogP contribution >= 0.6 is 0 Å². The number of fused-ring (bicyclic) bond motifs is 1. The molecule has 1 aromatic heterocycles. The second-order valence-corrected chi connectivity index (χ2v) is 11.8. The third-order valence-electron chi connectivity index (χ3n) is 6.77. The lowest BCUT2D eigenvalue weighted by Crippen LogP contribution is -2.18. The van der Waals surface area contributed by atoms with Crippen LogP contribution in [0.5, 0.6) is 17.2 Å². The minimum Gasteiger partial charge on any atom is -0.507 e. The van der Waals surface area contributed by atoms with Gasteiger partial charge in [-0.15, -0.1) is 0 Å². The fourth-order valence-corrected chi connectivity index (χ4v) is 4.66. The molecule has 0 aliphatic heterocycles. The zero-order chi connectivity index (χ0) is 27.3. The molecule has 0 aliphatic rings. The van der Waals surface area contributed by atoms with E-state index in [1.807, 2.05) is 26.2 Å². The Kier molecular flexibility index (Phi) is 6.65. The maximum absolute atomic E-state index is 11.3. The molecule has 0 spiro atoms. The largest absolute Gasteiger partial charge is 0.507 e. The number of nitrogens with zero attached hydrogens (tertiary/aromatic N) is 3. The summed E-state index contributed by atoms with van der Waals surface area (Å²) in [6, 6.07) is 16.4. The zero-order valence-corrected chi connectivity index (χ0v) is 23.7. The Balaban J connectivity index is 2.12. The maximum Gasteiger partial charge on any atom is 0.163 e. The van der Waals surface area contributed by atoms with Gasteiger partial charge in [-0.05, 0) is 47.2 Å². The Morgan fingerprint density at radius 3 is 1.76 bits per heavy atom. The Labute approximate surface area is 220 Å². The Bertz CT molecular complexity index is 1400. The van der Waals surface area contributed by atoms with E-state index in [1.165, 1.54) is 0 Å². The molecule has 37 heavy (non-hydrogen) atoms. The first-order valence-electron chi connectivity index (χ1n) is 12.6. The standard InChI is InChI=1S/C31H39N3O3/c1-30(2,3)22-15-21(16-23(28(22)35)31(4,5)6)34-25-18-27(37-10)26(36-9)17-24(25)32-29(34)19-11-13-20(14-12-19)33(7)8/h11-18,35H,1-10H3. The number of ether oxygens (including phenoxy) is 2. The van der Waals surface area contributed by atoms with Gasteiger partial charge >= 0.3 is 0 Å². The number of aromatic hydroxyl groups is 1. The minimum absolute atomic E-state index is 0.259. The number of phenols is 1. The fraction of sp³-hybridized carbons (Fsp3) is 0.387. The molecule has 0 atom stereocenters. The molecule has 0 unspecified atom stereocenters. The lowest BCUT2D eigenvalue weighted by molar-refractivity contribution is 0.355. The zero-order valence-electron chi connectivity index (χ0n) is 23.7. The van der Waals surface area contributed by atoms with Gasteiger partial charge in [-0.25, -0.2) is 4.98 Å². The topological polar surface area (TPSA) is 59.8 Å². The van der Waals surface area contributed by atoms with Crippen molar-refractivity contribution in [3.63, 3.8) is 0 Å². The summed E-state index contributed by atoms with van der Waals surface area (Å²) in [5.41, 5.74) is 6.01. The highest BCUT2D eigenvalue weighted by Crippen LogP contribution is 2.43. The first-order chi connectivity index (χ1) is 17.3. The molecule has 6 heteroatoms. The monoisotopic (exact) mass is 501 g/mol. The number of methoxy groups -OCH3 is 2. The van der Waals surface area contributed by atoms with Gasteiger partial charge in [0.1, 0.15) is 11.6 Å². The van der Waals surface area contributed by atoms with E-state index in [1.54, 1.807) is 14.2 Å². The van der Waals surface area contributed by atoms with Crippen molar-refractivity contribution in [3.8, 4) is 34.3 Å². The molecule has 6 nitrogen and oxygen atoms in total. The minimum atomic E-state index is -0.259. The van der Waals surface area contributed by atoms with Crippen LogP contribution in [-0.2, 0) is 10.8 Å². The highest BCUT2D eigenvalue weighted by atomic mass is 16.5. The second kappa shape index (κ2) is 9.33.